The largest absolute Gasteiger partial charge is 0.287 e. The number of allylic oxidation sites excluding steroid dienone is 3. The molecule has 1 aromatic carbocycles. The van der Waals surface area contributed by atoms with Crippen LogP contribution in [-0.2, 0) is 11.0 Å². The summed E-state index contributed by atoms with van der Waals surface area (Å²) in [7, 11) is -1.16. The molecule has 0 N–H and O–H groups in total. The van der Waals surface area contributed by atoms with Crippen LogP contribution >= 0.6 is 0 Å². The molecule has 0 spiro atoms. The van der Waals surface area contributed by atoms with Gasteiger partial charge in [-0.2, -0.15) is 0 Å². The Balaban J connectivity index is 2.27. The van der Waals surface area contributed by atoms with E-state index in [1.165, 1.54) is 11.1 Å². The molecule has 1 heterocycles. The number of hydrogen-bond acceptors (Lipinski definition) is 1. The van der Waals surface area contributed by atoms with Gasteiger partial charge in [-0.3, -0.25) is 4.31 Å². The molecule has 2 rings (SSSR count). The third kappa shape index (κ3) is 3.35. The van der Waals surface area contributed by atoms with Crippen LogP contribution in [0.25, 0.3) is 0 Å². The molecule has 1 unspecified atom stereocenters. The third-order valence-electron chi connectivity index (χ3n) is 3.70. The van der Waals surface area contributed by atoms with Gasteiger partial charge in [0.15, 0.2) is 11.0 Å². The van der Waals surface area contributed by atoms with Crippen molar-refractivity contribution in [2.45, 2.75) is 38.0 Å². The first kappa shape index (κ1) is 15.8. The second-order valence-electron chi connectivity index (χ2n) is 5.44. The summed E-state index contributed by atoms with van der Waals surface area (Å²) in [6.07, 6.45) is 6.77. The van der Waals surface area contributed by atoms with Crippen molar-refractivity contribution in [3.05, 3.63) is 65.9 Å². The van der Waals surface area contributed by atoms with Crippen molar-refractivity contribution >= 4 is 11.0 Å². The molecule has 0 fully saturated rings. The summed E-state index contributed by atoms with van der Waals surface area (Å²) in [5.41, 5.74) is 3.46. The second-order valence-corrected chi connectivity index (χ2v) is 6.85. The van der Waals surface area contributed by atoms with E-state index in [1.807, 2.05) is 41.6 Å². The maximum atomic E-state index is 12.8. The van der Waals surface area contributed by atoms with E-state index in [0.29, 0.717) is 5.92 Å². The fraction of sp³-hybridized carbons (Fsp3) is 0.333. The number of rotatable bonds is 5. The van der Waals surface area contributed by atoms with E-state index >= 15 is 0 Å². The zero-order valence-electron chi connectivity index (χ0n) is 13.0. The van der Waals surface area contributed by atoms with E-state index in [9.17, 15) is 4.21 Å². The van der Waals surface area contributed by atoms with Crippen LogP contribution in [0.1, 0.15) is 38.7 Å². The fourth-order valence-corrected chi connectivity index (χ4v) is 3.69. The molecule has 2 nitrogen and oxygen atoms in total. The van der Waals surface area contributed by atoms with Crippen molar-refractivity contribution in [3.8, 4) is 0 Å². The molecule has 0 saturated heterocycles. The van der Waals surface area contributed by atoms with Crippen molar-refractivity contribution < 1.29 is 4.21 Å². The van der Waals surface area contributed by atoms with Crippen LogP contribution in [0.15, 0.2) is 65.2 Å². The first-order valence-electron chi connectivity index (χ1n) is 7.36. The number of benzene rings is 1. The summed E-state index contributed by atoms with van der Waals surface area (Å²) >= 11 is 0. The predicted molar refractivity (Wildman–Crippen MR) is 90.3 cm³/mol. The minimum atomic E-state index is -1.16. The molecule has 0 aliphatic carbocycles. The van der Waals surface area contributed by atoms with Gasteiger partial charge < -0.3 is 0 Å². The van der Waals surface area contributed by atoms with E-state index in [1.54, 1.807) is 0 Å². The Morgan fingerprint density at radius 3 is 2.48 bits per heavy atom. The lowest BCUT2D eigenvalue weighted by Crippen LogP contribution is -2.21. The highest BCUT2D eigenvalue weighted by Gasteiger charge is 2.24. The van der Waals surface area contributed by atoms with Gasteiger partial charge in [-0.05, 0) is 48.6 Å². The van der Waals surface area contributed by atoms with Crippen molar-refractivity contribution in [1.29, 1.82) is 0 Å². The van der Waals surface area contributed by atoms with Crippen molar-refractivity contribution in [2.75, 3.05) is 6.54 Å². The van der Waals surface area contributed by atoms with Crippen LogP contribution < -0.4 is 0 Å². The summed E-state index contributed by atoms with van der Waals surface area (Å²) in [6.45, 7) is 10.9. The fourth-order valence-electron chi connectivity index (χ4n) is 2.45. The Kier molecular flexibility index (Phi) is 5.18. The van der Waals surface area contributed by atoms with Crippen LogP contribution in [-0.4, -0.2) is 15.1 Å². The lowest BCUT2D eigenvalue weighted by atomic mass is 10.0. The minimum absolute atomic E-state index is 0.491. The average molecular weight is 301 g/mol. The number of nitrogens with zero attached hydrogens (tertiary/aromatic N) is 1. The van der Waals surface area contributed by atoms with E-state index in [4.69, 9.17) is 0 Å². The van der Waals surface area contributed by atoms with Crippen LogP contribution in [0.4, 0.5) is 0 Å². The molecule has 0 saturated carbocycles. The zero-order valence-corrected chi connectivity index (χ0v) is 13.8. The highest BCUT2D eigenvalue weighted by molar-refractivity contribution is 7.82. The lowest BCUT2D eigenvalue weighted by Gasteiger charge is -2.19. The van der Waals surface area contributed by atoms with Crippen LogP contribution in [0.5, 0.6) is 0 Å². The minimum Gasteiger partial charge on any atom is -0.287 e. The van der Waals surface area contributed by atoms with E-state index in [2.05, 4.69) is 32.6 Å². The van der Waals surface area contributed by atoms with Gasteiger partial charge in [0.1, 0.15) is 0 Å². The topological polar surface area (TPSA) is 20.3 Å². The van der Waals surface area contributed by atoms with Gasteiger partial charge in [-0.1, -0.05) is 44.7 Å². The standard InChI is InChI=1S/C18H23NOS/c1-5-7-18-15(6-2)12-13-19(18)21(20)17-10-8-16(9-11-17)14(3)4/h5-11,14H,2,12-13H2,1,3-4H3/b7-5-. The molecule has 112 valence electrons. The highest BCUT2D eigenvalue weighted by atomic mass is 32.2. The monoisotopic (exact) mass is 301 g/mol. The lowest BCUT2D eigenvalue weighted by molar-refractivity contribution is 0.576. The highest BCUT2D eigenvalue weighted by Crippen LogP contribution is 2.29. The quantitative estimate of drug-likeness (QED) is 0.781. The molecule has 3 heteroatoms. The summed E-state index contributed by atoms with van der Waals surface area (Å²) in [5, 5.41) is 0. The maximum absolute atomic E-state index is 12.8. The predicted octanol–water partition coefficient (Wildman–Crippen LogP) is 4.55. The number of hydrogen-bond donors (Lipinski definition) is 0. The van der Waals surface area contributed by atoms with Gasteiger partial charge in [-0.25, -0.2) is 4.21 Å². The molecule has 0 aromatic heterocycles. The molecule has 1 aliphatic heterocycles. The van der Waals surface area contributed by atoms with Crippen LogP contribution in [0.2, 0.25) is 0 Å². The second kappa shape index (κ2) is 6.90. The molecule has 21 heavy (non-hydrogen) atoms. The first-order valence-corrected chi connectivity index (χ1v) is 8.46. The van der Waals surface area contributed by atoms with Gasteiger partial charge >= 0.3 is 0 Å². The van der Waals surface area contributed by atoms with E-state index in [-0.39, 0.29) is 0 Å². The van der Waals surface area contributed by atoms with Crippen molar-refractivity contribution in [2.24, 2.45) is 0 Å². The van der Waals surface area contributed by atoms with Gasteiger partial charge in [0.2, 0.25) is 0 Å². The smallest absolute Gasteiger partial charge is 0.152 e. The molecule has 0 bridgehead atoms. The van der Waals surface area contributed by atoms with Gasteiger partial charge in [0.05, 0.1) is 10.6 Å². The SMILES string of the molecule is C=CC1=C(/C=C\C)N(S(=O)c2ccc(C(C)C)cc2)CC1. The Hall–Kier alpha value is -1.61. The van der Waals surface area contributed by atoms with Gasteiger partial charge in [0.25, 0.3) is 0 Å². The van der Waals surface area contributed by atoms with Crippen molar-refractivity contribution in [1.82, 2.24) is 4.31 Å². The first-order chi connectivity index (χ1) is 10.1. The maximum Gasteiger partial charge on any atom is 0.152 e. The molecule has 1 aromatic rings. The Labute approximate surface area is 130 Å². The van der Waals surface area contributed by atoms with E-state index < -0.39 is 11.0 Å². The van der Waals surface area contributed by atoms with Crippen LogP contribution in [0.3, 0.4) is 0 Å². The molecular formula is C18H23NOS. The average Bonchev–Trinajstić information content (AvgIpc) is 2.90. The summed E-state index contributed by atoms with van der Waals surface area (Å²) in [6, 6.07) is 8.10. The van der Waals surface area contributed by atoms with E-state index in [0.717, 1.165) is 23.6 Å². The molecule has 1 atom stereocenters. The molecule has 1 aliphatic rings. The summed E-state index contributed by atoms with van der Waals surface area (Å²) in [5.74, 6) is 0.491. The zero-order chi connectivity index (χ0) is 15.4. The summed E-state index contributed by atoms with van der Waals surface area (Å²) < 4.78 is 14.8. The normalized spacial score (nSPS) is 17.0. The Morgan fingerprint density at radius 2 is 1.95 bits per heavy atom. The van der Waals surface area contributed by atoms with Crippen LogP contribution in [0, 0.1) is 0 Å². The Bertz CT molecular complexity index is 596. The molecular weight excluding hydrogens is 278 g/mol. The van der Waals surface area contributed by atoms with Gasteiger partial charge in [0, 0.05) is 6.54 Å². The van der Waals surface area contributed by atoms with Crippen molar-refractivity contribution in [3.63, 3.8) is 0 Å². The third-order valence-corrected chi connectivity index (χ3v) is 5.16. The Morgan fingerprint density at radius 1 is 1.29 bits per heavy atom. The molecule has 0 radical (unpaired) electrons. The van der Waals surface area contributed by atoms with Gasteiger partial charge in [-0.15, -0.1) is 0 Å². The molecule has 0 amide bonds. The summed E-state index contributed by atoms with van der Waals surface area (Å²) in [4.78, 5) is 0.853.